The first-order chi connectivity index (χ1) is 13.1. The van der Waals surface area contributed by atoms with Crippen molar-refractivity contribution in [1.29, 1.82) is 0 Å². The molecule has 2 heterocycles. The van der Waals surface area contributed by atoms with E-state index in [1.807, 2.05) is 12.1 Å². The molecule has 0 fully saturated rings. The van der Waals surface area contributed by atoms with Crippen molar-refractivity contribution in [3.8, 4) is 11.5 Å². The zero-order valence-electron chi connectivity index (χ0n) is 15.1. The quantitative estimate of drug-likeness (QED) is 0.693. The topological polar surface area (TPSA) is 82.7 Å². The van der Waals surface area contributed by atoms with Crippen LogP contribution < -0.4 is 20.3 Å². The van der Waals surface area contributed by atoms with Gasteiger partial charge < -0.3 is 23.8 Å². The van der Waals surface area contributed by atoms with Gasteiger partial charge in [0.25, 0.3) is 11.5 Å². The molecule has 1 N–H and O–H groups in total. The number of nitrogens with zero attached hydrogens (tertiary/aromatic N) is 1. The molecule has 0 aliphatic carbocycles. The number of carbonyl (C=O) groups excluding carboxylic acids is 1. The third-order valence-corrected chi connectivity index (χ3v) is 4.03. The first-order valence-electron chi connectivity index (χ1n) is 8.34. The molecule has 0 unspecified atom stereocenters. The minimum absolute atomic E-state index is 0.134. The Bertz CT molecular complexity index is 990. The number of carbonyl (C=O) groups is 1. The normalized spacial score (nSPS) is 10.4. The van der Waals surface area contributed by atoms with Crippen LogP contribution in [0, 0.1) is 0 Å². The number of furan rings is 1. The summed E-state index contributed by atoms with van der Waals surface area (Å²) < 4.78 is 17.7. The first-order valence-corrected chi connectivity index (χ1v) is 8.34. The Morgan fingerprint density at radius 1 is 1.07 bits per heavy atom. The molecule has 7 nitrogen and oxygen atoms in total. The molecule has 7 heteroatoms. The highest BCUT2D eigenvalue weighted by atomic mass is 16.5. The second-order valence-corrected chi connectivity index (χ2v) is 5.77. The zero-order chi connectivity index (χ0) is 19.2. The van der Waals surface area contributed by atoms with Crippen molar-refractivity contribution in [1.82, 2.24) is 9.88 Å². The standard InChI is InChI=1S/C20H20N2O5/c1-25-16-7-5-6-14(19(16)26-2)12-21-20(24)17-10-9-15(27-17)13-22-11-4-3-8-18(22)23/h3-11H,12-13H2,1-2H3,(H,21,24). The Balaban J connectivity index is 1.67. The van der Waals surface area contributed by atoms with E-state index in [4.69, 9.17) is 13.9 Å². The van der Waals surface area contributed by atoms with Crippen LogP contribution in [0.4, 0.5) is 0 Å². The van der Waals surface area contributed by atoms with Crippen molar-refractivity contribution in [2.24, 2.45) is 0 Å². The van der Waals surface area contributed by atoms with Crippen LogP contribution in [0.3, 0.4) is 0 Å². The van der Waals surface area contributed by atoms with Crippen LogP contribution in [-0.4, -0.2) is 24.7 Å². The summed E-state index contributed by atoms with van der Waals surface area (Å²) in [5, 5.41) is 2.79. The molecular weight excluding hydrogens is 348 g/mol. The van der Waals surface area contributed by atoms with Crippen molar-refractivity contribution in [3.63, 3.8) is 0 Å². The minimum Gasteiger partial charge on any atom is -0.493 e. The summed E-state index contributed by atoms with van der Waals surface area (Å²) in [7, 11) is 3.11. The Kier molecular flexibility index (Phi) is 5.61. The molecule has 3 aromatic rings. The van der Waals surface area contributed by atoms with E-state index in [9.17, 15) is 9.59 Å². The second-order valence-electron chi connectivity index (χ2n) is 5.77. The summed E-state index contributed by atoms with van der Waals surface area (Å²) in [6.45, 7) is 0.518. The third-order valence-electron chi connectivity index (χ3n) is 4.03. The summed E-state index contributed by atoms with van der Waals surface area (Å²) in [5.41, 5.74) is 0.651. The third kappa shape index (κ3) is 4.20. The maximum Gasteiger partial charge on any atom is 0.287 e. The minimum atomic E-state index is -0.355. The molecule has 2 aromatic heterocycles. The molecule has 0 aliphatic heterocycles. The number of benzene rings is 1. The van der Waals surface area contributed by atoms with Crippen molar-refractivity contribution >= 4 is 5.91 Å². The number of aromatic nitrogens is 1. The number of ether oxygens (including phenoxy) is 2. The Labute approximate surface area is 156 Å². The van der Waals surface area contributed by atoms with Gasteiger partial charge in [-0.15, -0.1) is 0 Å². The average Bonchev–Trinajstić information content (AvgIpc) is 3.16. The van der Waals surface area contributed by atoms with Gasteiger partial charge in [0.05, 0.1) is 20.8 Å². The number of rotatable bonds is 7. The summed E-state index contributed by atoms with van der Waals surface area (Å²) >= 11 is 0. The molecule has 0 atom stereocenters. The summed E-state index contributed by atoms with van der Waals surface area (Å²) in [4.78, 5) is 24.1. The number of pyridine rings is 1. The van der Waals surface area contributed by atoms with Crippen molar-refractivity contribution in [2.45, 2.75) is 13.1 Å². The molecule has 27 heavy (non-hydrogen) atoms. The van der Waals surface area contributed by atoms with Crippen LogP contribution in [-0.2, 0) is 13.1 Å². The van der Waals surface area contributed by atoms with Gasteiger partial charge in [-0.2, -0.15) is 0 Å². The van der Waals surface area contributed by atoms with E-state index < -0.39 is 0 Å². The Hall–Kier alpha value is -3.48. The average molecular weight is 368 g/mol. The number of hydrogen-bond acceptors (Lipinski definition) is 5. The maximum atomic E-state index is 12.4. The van der Waals surface area contributed by atoms with Gasteiger partial charge in [-0.3, -0.25) is 9.59 Å². The fourth-order valence-corrected chi connectivity index (χ4v) is 2.70. The summed E-state index contributed by atoms with van der Waals surface area (Å²) in [6, 6.07) is 13.6. The van der Waals surface area contributed by atoms with Gasteiger partial charge in [-0.25, -0.2) is 0 Å². The van der Waals surface area contributed by atoms with Gasteiger partial charge in [0.2, 0.25) is 0 Å². The zero-order valence-corrected chi connectivity index (χ0v) is 15.1. The predicted octanol–water partition coefficient (Wildman–Crippen LogP) is 2.44. The monoisotopic (exact) mass is 368 g/mol. The smallest absolute Gasteiger partial charge is 0.287 e. The molecule has 140 valence electrons. The molecule has 0 radical (unpaired) electrons. The highest BCUT2D eigenvalue weighted by Gasteiger charge is 2.14. The van der Waals surface area contributed by atoms with Gasteiger partial charge in [-0.1, -0.05) is 18.2 Å². The lowest BCUT2D eigenvalue weighted by Crippen LogP contribution is -2.22. The molecule has 0 saturated carbocycles. The molecule has 0 spiro atoms. The van der Waals surface area contributed by atoms with E-state index in [1.165, 1.54) is 10.6 Å². The maximum absolute atomic E-state index is 12.4. The molecule has 0 saturated heterocycles. The number of amides is 1. The van der Waals surface area contributed by atoms with Crippen molar-refractivity contribution in [2.75, 3.05) is 14.2 Å². The Morgan fingerprint density at radius 2 is 1.93 bits per heavy atom. The van der Waals surface area contributed by atoms with E-state index in [0.29, 0.717) is 17.3 Å². The van der Waals surface area contributed by atoms with Crippen LogP contribution in [0.5, 0.6) is 11.5 Å². The number of hydrogen-bond donors (Lipinski definition) is 1. The fourth-order valence-electron chi connectivity index (χ4n) is 2.70. The van der Waals surface area contributed by atoms with E-state index in [1.54, 1.807) is 50.7 Å². The van der Waals surface area contributed by atoms with E-state index in [0.717, 1.165) is 5.56 Å². The lowest BCUT2D eigenvalue weighted by molar-refractivity contribution is 0.0921. The van der Waals surface area contributed by atoms with Crippen LogP contribution in [0.25, 0.3) is 0 Å². The molecule has 0 bridgehead atoms. The van der Waals surface area contributed by atoms with Crippen molar-refractivity contribution in [3.05, 3.63) is 82.2 Å². The SMILES string of the molecule is COc1cccc(CNC(=O)c2ccc(Cn3ccccc3=O)o2)c1OC. The van der Waals surface area contributed by atoms with Crippen LogP contribution in [0.1, 0.15) is 21.9 Å². The van der Waals surface area contributed by atoms with Crippen LogP contribution in [0.2, 0.25) is 0 Å². The van der Waals surface area contributed by atoms with E-state index in [2.05, 4.69) is 5.32 Å². The predicted molar refractivity (Wildman–Crippen MR) is 99.2 cm³/mol. The second kappa shape index (κ2) is 8.27. The first kappa shape index (κ1) is 18.3. The highest BCUT2D eigenvalue weighted by molar-refractivity contribution is 5.91. The lowest BCUT2D eigenvalue weighted by Gasteiger charge is -2.12. The van der Waals surface area contributed by atoms with Crippen molar-refractivity contribution < 1.29 is 18.7 Å². The van der Waals surface area contributed by atoms with E-state index >= 15 is 0 Å². The summed E-state index contributed by atoms with van der Waals surface area (Å²) in [6.07, 6.45) is 1.67. The summed E-state index contributed by atoms with van der Waals surface area (Å²) in [5.74, 6) is 1.51. The number of nitrogens with one attached hydrogen (secondary N) is 1. The van der Waals surface area contributed by atoms with Gasteiger partial charge >= 0.3 is 0 Å². The number of para-hydroxylation sites is 1. The van der Waals surface area contributed by atoms with Gasteiger partial charge in [0.15, 0.2) is 17.3 Å². The molecule has 0 aliphatic rings. The molecule has 1 amide bonds. The molecule has 1 aromatic carbocycles. The molecule has 3 rings (SSSR count). The fraction of sp³-hybridized carbons (Fsp3) is 0.200. The highest BCUT2D eigenvalue weighted by Crippen LogP contribution is 2.30. The van der Waals surface area contributed by atoms with E-state index in [-0.39, 0.29) is 30.3 Å². The largest absolute Gasteiger partial charge is 0.493 e. The van der Waals surface area contributed by atoms with Gasteiger partial charge in [0, 0.05) is 24.4 Å². The number of methoxy groups -OCH3 is 2. The van der Waals surface area contributed by atoms with Gasteiger partial charge in [0.1, 0.15) is 5.76 Å². The van der Waals surface area contributed by atoms with Crippen LogP contribution in [0.15, 0.2) is 63.9 Å². The van der Waals surface area contributed by atoms with Gasteiger partial charge in [-0.05, 0) is 24.3 Å². The molecular formula is C20H20N2O5. The Morgan fingerprint density at radius 3 is 2.67 bits per heavy atom. The lowest BCUT2D eigenvalue weighted by atomic mass is 10.2. The van der Waals surface area contributed by atoms with Crippen LogP contribution >= 0.6 is 0 Å².